The zero-order valence-electron chi connectivity index (χ0n) is 15.8. The summed E-state index contributed by atoms with van der Waals surface area (Å²) in [5.74, 6) is -0.165. The van der Waals surface area contributed by atoms with Crippen molar-refractivity contribution in [1.29, 1.82) is 0 Å². The molecule has 7 nitrogen and oxygen atoms in total. The molecule has 26 heavy (non-hydrogen) atoms. The smallest absolute Gasteiger partial charge is 0.238 e. The lowest BCUT2D eigenvalue weighted by atomic mass is 9.91. The van der Waals surface area contributed by atoms with Gasteiger partial charge in [-0.3, -0.25) is 9.59 Å². The number of primary sulfonamides is 1. The largest absolute Gasteiger partial charge is 0.355 e. The number of amides is 2. The Labute approximate surface area is 155 Å². The van der Waals surface area contributed by atoms with Gasteiger partial charge in [0.05, 0.1) is 4.90 Å². The third-order valence-corrected chi connectivity index (χ3v) is 5.02. The van der Waals surface area contributed by atoms with Crippen LogP contribution in [0.25, 0.3) is 0 Å². The van der Waals surface area contributed by atoms with Crippen LogP contribution in [-0.2, 0) is 26.0 Å². The molecule has 0 aromatic heterocycles. The molecule has 2 amide bonds. The van der Waals surface area contributed by atoms with E-state index >= 15 is 0 Å². The Morgan fingerprint density at radius 2 is 1.54 bits per heavy atom. The molecular formula is C18H29N3O4S. The average molecular weight is 384 g/mol. The SMILES string of the molecule is CC(C)CCNC(=O)C(C)(C)C(=O)NCCc1ccc(S(N)(=O)=O)cc1. The lowest BCUT2D eigenvalue weighted by molar-refractivity contribution is -0.141. The van der Waals surface area contributed by atoms with Crippen molar-refractivity contribution in [2.24, 2.45) is 16.5 Å². The van der Waals surface area contributed by atoms with E-state index in [1.807, 2.05) is 0 Å². The van der Waals surface area contributed by atoms with Crippen molar-refractivity contribution in [1.82, 2.24) is 10.6 Å². The molecule has 0 radical (unpaired) electrons. The van der Waals surface area contributed by atoms with Gasteiger partial charge in [0.15, 0.2) is 0 Å². The third kappa shape index (κ3) is 6.76. The summed E-state index contributed by atoms with van der Waals surface area (Å²) in [5, 5.41) is 10.6. The van der Waals surface area contributed by atoms with E-state index in [9.17, 15) is 18.0 Å². The van der Waals surface area contributed by atoms with Crippen molar-refractivity contribution in [3.05, 3.63) is 29.8 Å². The molecule has 0 heterocycles. The third-order valence-electron chi connectivity index (χ3n) is 4.09. The standard InChI is InChI=1S/C18H29N3O4S/c1-13(2)9-11-20-16(22)18(3,4)17(23)21-12-10-14-5-7-15(8-6-14)26(19,24)25/h5-8,13H,9-12H2,1-4H3,(H,20,22)(H,21,23)(H2,19,24,25). The van der Waals surface area contributed by atoms with Gasteiger partial charge in [0.25, 0.3) is 0 Å². The van der Waals surface area contributed by atoms with Gasteiger partial charge in [-0.05, 0) is 50.3 Å². The summed E-state index contributed by atoms with van der Waals surface area (Å²) in [4.78, 5) is 24.6. The molecule has 0 atom stereocenters. The number of nitrogens with two attached hydrogens (primary N) is 1. The number of sulfonamides is 1. The van der Waals surface area contributed by atoms with Crippen LogP contribution in [0.15, 0.2) is 29.2 Å². The molecule has 146 valence electrons. The minimum absolute atomic E-state index is 0.0458. The van der Waals surface area contributed by atoms with E-state index in [4.69, 9.17) is 5.14 Å². The Hall–Kier alpha value is -1.93. The van der Waals surface area contributed by atoms with Gasteiger partial charge in [-0.15, -0.1) is 0 Å². The second kappa shape index (κ2) is 9.14. The fourth-order valence-electron chi connectivity index (χ4n) is 2.19. The fraction of sp³-hybridized carbons (Fsp3) is 0.556. The van der Waals surface area contributed by atoms with E-state index in [1.165, 1.54) is 12.1 Å². The van der Waals surface area contributed by atoms with Gasteiger partial charge in [-0.2, -0.15) is 0 Å². The highest BCUT2D eigenvalue weighted by Gasteiger charge is 2.35. The van der Waals surface area contributed by atoms with Crippen LogP contribution in [0.5, 0.6) is 0 Å². The average Bonchev–Trinajstić information content (AvgIpc) is 2.53. The first kappa shape index (κ1) is 22.1. The van der Waals surface area contributed by atoms with Crippen LogP contribution in [0.2, 0.25) is 0 Å². The monoisotopic (exact) mass is 383 g/mol. The van der Waals surface area contributed by atoms with Crippen molar-refractivity contribution in [3.63, 3.8) is 0 Å². The molecule has 8 heteroatoms. The number of benzene rings is 1. The minimum atomic E-state index is -3.71. The number of carbonyl (C=O) groups is 2. The van der Waals surface area contributed by atoms with Gasteiger partial charge in [0.2, 0.25) is 21.8 Å². The summed E-state index contributed by atoms with van der Waals surface area (Å²) < 4.78 is 22.4. The van der Waals surface area contributed by atoms with Crippen LogP contribution in [-0.4, -0.2) is 33.3 Å². The highest BCUT2D eigenvalue weighted by Crippen LogP contribution is 2.16. The summed E-state index contributed by atoms with van der Waals surface area (Å²) in [6.45, 7) is 8.21. The molecule has 1 aromatic rings. The first-order valence-corrected chi connectivity index (χ1v) is 10.2. The number of hydrogen-bond donors (Lipinski definition) is 3. The number of nitrogens with one attached hydrogen (secondary N) is 2. The van der Waals surface area contributed by atoms with E-state index in [2.05, 4.69) is 24.5 Å². The van der Waals surface area contributed by atoms with Gasteiger partial charge < -0.3 is 10.6 Å². The molecule has 0 fully saturated rings. The van der Waals surface area contributed by atoms with Gasteiger partial charge in [-0.25, -0.2) is 13.6 Å². The van der Waals surface area contributed by atoms with E-state index in [1.54, 1.807) is 26.0 Å². The topological polar surface area (TPSA) is 118 Å². The Kier molecular flexibility index (Phi) is 7.77. The zero-order valence-corrected chi connectivity index (χ0v) is 16.7. The van der Waals surface area contributed by atoms with E-state index in [0.29, 0.717) is 25.4 Å². The molecule has 0 bridgehead atoms. The van der Waals surface area contributed by atoms with Crippen LogP contribution < -0.4 is 15.8 Å². The first-order valence-electron chi connectivity index (χ1n) is 8.63. The summed E-state index contributed by atoms with van der Waals surface area (Å²) in [5.41, 5.74) is -0.300. The molecule has 0 spiro atoms. The highest BCUT2D eigenvalue weighted by atomic mass is 32.2. The van der Waals surface area contributed by atoms with Crippen LogP contribution in [0, 0.1) is 11.3 Å². The summed E-state index contributed by atoms with van der Waals surface area (Å²) in [6, 6.07) is 6.16. The van der Waals surface area contributed by atoms with Crippen LogP contribution in [0.4, 0.5) is 0 Å². The maximum absolute atomic E-state index is 12.3. The fourth-order valence-corrected chi connectivity index (χ4v) is 2.70. The molecule has 0 unspecified atom stereocenters. The Morgan fingerprint density at radius 3 is 2.00 bits per heavy atom. The molecule has 1 rings (SSSR count). The van der Waals surface area contributed by atoms with E-state index in [0.717, 1.165) is 12.0 Å². The zero-order chi connectivity index (χ0) is 20.0. The van der Waals surface area contributed by atoms with Crippen LogP contribution in [0.3, 0.4) is 0 Å². The Balaban J connectivity index is 2.50. The maximum atomic E-state index is 12.3. The quantitative estimate of drug-likeness (QED) is 0.555. The molecule has 1 aromatic carbocycles. The lowest BCUT2D eigenvalue weighted by Crippen LogP contribution is -2.48. The van der Waals surface area contributed by atoms with E-state index in [-0.39, 0.29) is 16.7 Å². The van der Waals surface area contributed by atoms with Gasteiger partial charge in [0, 0.05) is 13.1 Å². The number of hydrogen-bond acceptors (Lipinski definition) is 4. The van der Waals surface area contributed by atoms with Gasteiger partial charge in [-0.1, -0.05) is 26.0 Å². The predicted octanol–water partition coefficient (Wildman–Crippen LogP) is 1.18. The Bertz CT molecular complexity index is 725. The molecule has 0 aliphatic carbocycles. The van der Waals surface area contributed by atoms with Crippen LogP contribution in [0.1, 0.15) is 39.7 Å². The van der Waals surface area contributed by atoms with Crippen molar-refractivity contribution < 1.29 is 18.0 Å². The van der Waals surface area contributed by atoms with Gasteiger partial charge >= 0.3 is 0 Å². The molecule has 0 saturated carbocycles. The van der Waals surface area contributed by atoms with Crippen molar-refractivity contribution in [3.8, 4) is 0 Å². The first-order chi connectivity index (χ1) is 11.9. The molecule has 0 aliphatic heterocycles. The summed E-state index contributed by atoms with van der Waals surface area (Å²) in [7, 11) is -3.71. The molecule has 0 saturated heterocycles. The maximum Gasteiger partial charge on any atom is 0.238 e. The molecule has 0 aliphatic rings. The number of carbonyl (C=O) groups excluding carboxylic acids is 2. The lowest BCUT2D eigenvalue weighted by Gasteiger charge is -2.23. The van der Waals surface area contributed by atoms with Crippen molar-refractivity contribution >= 4 is 21.8 Å². The van der Waals surface area contributed by atoms with Gasteiger partial charge in [0.1, 0.15) is 5.41 Å². The molecular weight excluding hydrogens is 354 g/mol. The minimum Gasteiger partial charge on any atom is -0.355 e. The Morgan fingerprint density at radius 1 is 1.04 bits per heavy atom. The second-order valence-electron chi connectivity index (χ2n) is 7.26. The normalized spacial score (nSPS) is 12.1. The predicted molar refractivity (Wildman–Crippen MR) is 101 cm³/mol. The summed E-state index contributed by atoms with van der Waals surface area (Å²) >= 11 is 0. The van der Waals surface area contributed by atoms with E-state index < -0.39 is 15.4 Å². The molecule has 4 N–H and O–H groups in total. The second-order valence-corrected chi connectivity index (χ2v) is 8.82. The van der Waals surface area contributed by atoms with Crippen LogP contribution >= 0.6 is 0 Å². The van der Waals surface area contributed by atoms with Crippen molar-refractivity contribution in [2.45, 2.75) is 45.4 Å². The highest BCUT2D eigenvalue weighted by molar-refractivity contribution is 7.89. The van der Waals surface area contributed by atoms with Crippen molar-refractivity contribution in [2.75, 3.05) is 13.1 Å². The number of rotatable bonds is 9. The summed E-state index contributed by atoms with van der Waals surface area (Å²) in [6.07, 6.45) is 1.37.